The lowest BCUT2D eigenvalue weighted by atomic mass is 10.1. The maximum absolute atomic E-state index is 4.72. The summed E-state index contributed by atoms with van der Waals surface area (Å²) in [6, 6.07) is 7.83. The fraction of sp³-hybridized carbons (Fsp3) is 0.294. The molecule has 116 valence electrons. The highest BCUT2D eigenvalue weighted by Crippen LogP contribution is 2.29. The number of nitrogens with zero attached hydrogens (tertiary/aromatic N) is 5. The maximum atomic E-state index is 4.72. The first kappa shape index (κ1) is 13.9. The van der Waals surface area contributed by atoms with Gasteiger partial charge in [-0.25, -0.2) is 15.0 Å². The van der Waals surface area contributed by atoms with E-state index in [2.05, 4.69) is 24.8 Å². The molecule has 0 aromatic carbocycles. The van der Waals surface area contributed by atoms with E-state index in [0.717, 1.165) is 42.5 Å². The zero-order valence-electron chi connectivity index (χ0n) is 13.0. The van der Waals surface area contributed by atoms with E-state index in [9.17, 15) is 0 Å². The second-order valence-corrected chi connectivity index (χ2v) is 5.81. The third-order valence-electron chi connectivity index (χ3n) is 4.15. The molecule has 3 aromatic heterocycles. The quantitative estimate of drug-likeness (QED) is 0.805. The van der Waals surface area contributed by atoms with E-state index >= 15 is 0 Å². The Hall–Kier alpha value is -2.76. The summed E-state index contributed by atoms with van der Waals surface area (Å²) >= 11 is 0. The molecule has 23 heavy (non-hydrogen) atoms. The fourth-order valence-electron chi connectivity index (χ4n) is 3.02. The van der Waals surface area contributed by atoms with E-state index in [1.54, 1.807) is 6.20 Å². The van der Waals surface area contributed by atoms with Gasteiger partial charge in [0.15, 0.2) is 5.82 Å². The minimum Gasteiger partial charge on any atom is -0.356 e. The molecule has 0 bridgehead atoms. The van der Waals surface area contributed by atoms with Gasteiger partial charge in [-0.1, -0.05) is 6.07 Å². The molecule has 1 atom stereocenters. The molecule has 0 aliphatic carbocycles. The number of nitrogens with one attached hydrogen (secondary N) is 1. The van der Waals surface area contributed by atoms with E-state index in [1.165, 1.54) is 0 Å². The van der Waals surface area contributed by atoms with Crippen molar-refractivity contribution in [1.29, 1.82) is 0 Å². The molecule has 0 spiro atoms. The predicted molar refractivity (Wildman–Crippen MR) is 88.2 cm³/mol. The largest absolute Gasteiger partial charge is 0.356 e. The maximum Gasteiger partial charge on any atom is 0.180 e. The van der Waals surface area contributed by atoms with Crippen LogP contribution in [0.1, 0.15) is 23.9 Å². The van der Waals surface area contributed by atoms with Crippen LogP contribution in [-0.4, -0.2) is 38.0 Å². The Kier molecular flexibility index (Phi) is 3.49. The van der Waals surface area contributed by atoms with Gasteiger partial charge < -0.3 is 9.88 Å². The van der Waals surface area contributed by atoms with Crippen molar-refractivity contribution < 1.29 is 0 Å². The molecule has 6 heteroatoms. The van der Waals surface area contributed by atoms with Gasteiger partial charge in [0.25, 0.3) is 0 Å². The van der Waals surface area contributed by atoms with E-state index in [-0.39, 0.29) is 0 Å². The molecule has 0 radical (unpaired) electrons. The van der Waals surface area contributed by atoms with Crippen molar-refractivity contribution in [2.45, 2.75) is 19.3 Å². The van der Waals surface area contributed by atoms with Crippen LogP contribution in [0.3, 0.4) is 0 Å². The first-order valence-corrected chi connectivity index (χ1v) is 7.81. The van der Waals surface area contributed by atoms with Crippen LogP contribution in [0.25, 0.3) is 11.5 Å². The van der Waals surface area contributed by atoms with Crippen molar-refractivity contribution in [3.8, 4) is 11.5 Å². The molecule has 1 aliphatic heterocycles. The Bertz CT molecular complexity index is 784. The Morgan fingerprint density at radius 1 is 1.17 bits per heavy atom. The van der Waals surface area contributed by atoms with Crippen LogP contribution < -0.4 is 4.90 Å². The smallest absolute Gasteiger partial charge is 0.180 e. The standard InChI is InChI=1S/C17H18N6/c1-12-10-15(22-17(21-12)14-4-2-3-6-18-14)23-9-5-13(11-23)16-19-7-8-20-16/h2-4,6-8,10,13H,5,9,11H2,1H3,(H,19,20). The highest BCUT2D eigenvalue weighted by molar-refractivity contribution is 5.54. The van der Waals surface area contributed by atoms with Gasteiger partial charge in [0.1, 0.15) is 17.3 Å². The lowest BCUT2D eigenvalue weighted by Crippen LogP contribution is -2.21. The topological polar surface area (TPSA) is 70.6 Å². The molecule has 6 nitrogen and oxygen atoms in total. The lowest BCUT2D eigenvalue weighted by Gasteiger charge is -2.18. The van der Waals surface area contributed by atoms with Crippen molar-refractivity contribution in [1.82, 2.24) is 24.9 Å². The van der Waals surface area contributed by atoms with Crippen molar-refractivity contribution in [2.24, 2.45) is 0 Å². The van der Waals surface area contributed by atoms with Crippen LogP contribution in [0.4, 0.5) is 5.82 Å². The zero-order chi connectivity index (χ0) is 15.6. The predicted octanol–water partition coefficient (Wildman–Crippen LogP) is 2.56. The van der Waals surface area contributed by atoms with Crippen LogP contribution in [-0.2, 0) is 0 Å². The van der Waals surface area contributed by atoms with Gasteiger partial charge in [-0.3, -0.25) is 4.98 Å². The molecule has 1 saturated heterocycles. The van der Waals surface area contributed by atoms with Gasteiger partial charge in [-0.15, -0.1) is 0 Å². The Morgan fingerprint density at radius 3 is 2.91 bits per heavy atom. The van der Waals surface area contributed by atoms with Crippen LogP contribution in [0.5, 0.6) is 0 Å². The molecule has 1 unspecified atom stereocenters. The summed E-state index contributed by atoms with van der Waals surface area (Å²) in [5.74, 6) is 3.14. The number of hydrogen-bond donors (Lipinski definition) is 1. The van der Waals surface area contributed by atoms with E-state index in [4.69, 9.17) is 4.98 Å². The first-order chi connectivity index (χ1) is 11.3. The number of imidazole rings is 1. The summed E-state index contributed by atoms with van der Waals surface area (Å²) in [4.78, 5) is 23.5. The fourth-order valence-corrected chi connectivity index (χ4v) is 3.02. The minimum absolute atomic E-state index is 0.429. The molecular weight excluding hydrogens is 288 g/mol. The van der Waals surface area contributed by atoms with Gasteiger partial charge in [0.05, 0.1) is 0 Å². The molecule has 4 heterocycles. The molecule has 3 aromatic rings. The summed E-state index contributed by atoms with van der Waals surface area (Å²) in [6.45, 7) is 3.90. The Balaban J connectivity index is 1.61. The highest BCUT2D eigenvalue weighted by atomic mass is 15.2. The SMILES string of the molecule is Cc1cc(N2CCC(c3ncc[nH]3)C2)nc(-c2ccccn2)n1. The van der Waals surface area contributed by atoms with Crippen LogP contribution in [0, 0.1) is 6.92 Å². The van der Waals surface area contributed by atoms with Gasteiger partial charge in [-0.2, -0.15) is 0 Å². The number of anilines is 1. The van der Waals surface area contributed by atoms with Crippen molar-refractivity contribution in [2.75, 3.05) is 18.0 Å². The number of pyridine rings is 1. The monoisotopic (exact) mass is 306 g/mol. The van der Waals surface area contributed by atoms with Crippen LogP contribution in [0.2, 0.25) is 0 Å². The molecule has 0 amide bonds. The number of aromatic amines is 1. The molecule has 1 N–H and O–H groups in total. The number of hydrogen-bond acceptors (Lipinski definition) is 5. The van der Waals surface area contributed by atoms with Gasteiger partial charge in [0, 0.05) is 49.4 Å². The molecule has 0 saturated carbocycles. The number of aryl methyl sites for hydroxylation is 1. The summed E-state index contributed by atoms with van der Waals surface area (Å²) in [7, 11) is 0. The third kappa shape index (κ3) is 2.79. The van der Waals surface area contributed by atoms with Crippen molar-refractivity contribution >= 4 is 5.82 Å². The van der Waals surface area contributed by atoms with Crippen molar-refractivity contribution in [3.05, 3.63) is 54.4 Å². The molecule has 1 aliphatic rings. The highest BCUT2D eigenvalue weighted by Gasteiger charge is 2.27. The second-order valence-electron chi connectivity index (χ2n) is 5.81. The average molecular weight is 306 g/mol. The average Bonchev–Trinajstić information content (AvgIpc) is 3.26. The number of aromatic nitrogens is 5. The summed E-state index contributed by atoms with van der Waals surface area (Å²) < 4.78 is 0. The molecular formula is C17H18N6. The van der Waals surface area contributed by atoms with Gasteiger partial charge >= 0.3 is 0 Å². The normalized spacial score (nSPS) is 17.6. The molecule has 4 rings (SSSR count). The van der Waals surface area contributed by atoms with Crippen molar-refractivity contribution in [3.63, 3.8) is 0 Å². The third-order valence-corrected chi connectivity index (χ3v) is 4.15. The van der Waals surface area contributed by atoms with Gasteiger partial charge in [-0.05, 0) is 25.5 Å². The summed E-state index contributed by atoms with van der Waals surface area (Å²) in [6.07, 6.45) is 6.54. The zero-order valence-corrected chi connectivity index (χ0v) is 13.0. The summed E-state index contributed by atoms with van der Waals surface area (Å²) in [5.41, 5.74) is 1.76. The first-order valence-electron chi connectivity index (χ1n) is 7.81. The summed E-state index contributed by atoms with van der Waals surface area (Å²) in [5, 5.41) is 0. The van der Waals surface area contributed by atoms with Crippen LogP contribution in [0.15, 0.2) is 42.9 Å². The van der Waals surface area contributed by atoms with Crippen LogP contribution >= 0.6 is 0 Å². The lowest BCUT2D eigenvalue weighted by molar-refractivity contribution is 0.722. The Labute approximate surface area is 134 Å². The number of H-pyrrole nitrogens is 1. The second kappa shape index (κ2) is 5.79. The number of rotatable bonds is 3. The van der Waals surface area contributed by atoms with Gasteiger partial charge in [0.2, 0.25) is 0 Å². The van der Waals surface area contributed by atoms with E-state index in [1.807, 2.05) is 43.6 Å². The van der Waals surface area contributed by atoms with E-state index < -0.39 is 0 Å². The minimum atomic E-state index is 0.429. The molecule has 1 fully saturated rings. The van der Waals surface area contributed by atoms with E-state index in [0.29, 0.717) is 11.7 Å². The Morgan fingerprint density at radius 2 is 2.13 bits per heavy atom.